The Hall–Kier alpha value is -2.18. The summed E-state index contributed by atoms with van der Waals surface area (Å²) < 4.78 is 5.28. The first kappa shape index (κ1) is 16.2. The van der Waals surface area contributed by atoms with E-state index >= 15 is 0 Å². The maximum atomic E-state index is 12.2. The molecule has 1 aromatic heterocycles. The van der Waals surface area contributed by atoms with Crippen LogP contribution in [-0.4, -0.2) is 58.4 Å². The molecule has 0 unspecified atom stereocenters. The largest absolute Gasteiger partial charge is 0.341 e. The number of nitrogens with zero attached hydrogens (tertiary/aromatic N) is 4. The molecule has 1 aromatic rings. The van der Waals surface area contributed by atoms with E-state index in [1.807, 2.05) is 0 Å². The van der Waals surface area contributed by atoms with Crippen LogP contribution in [0.1, 0.15) is 31.5 Å². The third kappa shape index (κ3) is 3.35. The van der Waals surface area contributed by atoms with E-state index in [1.165, 1.54) is 11.0 Å². The van der Waals surface area contributed by atoms with E-state index in [0.29, 0.717) is 24.8 Å². The van der Waals surface area contributed by atoms with Crippen molar-refractivity contribution in [2.75, 3.05) is 26.7 Å². The lowest BCUT2D eigenvalue weighted by atomic mass is 9.80. The van der Waals surface area contributed by atoms with Crippen molar-refractivity contribution in [2.24, 2.45) is 0 Å². The molecule has 1 saturated heterocycles. The summed E-state index contributed by atoms with van der Waals surface area (Å²) in [5, 5.41) is 3.84. The molecule has 1 aliphatic rings. The fourth-order valence-electron chi connectivity index (χ4n) is 2.54. The molecule has 0 spiro atoms. The number of aryl methyl sites for hydroxylation is 1. The van der Waals surface area contributed by atoms with E-state index in [0.717, 1.165) is 12.8 Å². The average molecular weight is 306 g/mol. The summed E-state index contributed by atoms with van der Waals surface area (Å²) in [7, 11) is 1.59. The van der Waals surface area contributed by atoms with Crippen LogP contribution < -0.4 is 0 Å². The van der Waals surface area contributed by atoms with Crippen LogP contribution >= 0.6 is 0 Å². The molecule has 22 heavy (non-hydrogen) atoms. The van der Waals surface area contributed by atoms with Gasteiger partial charge in [0, 0.05) is 20.1 Å². The predicted octanol–water partition coefficient (Wildman–Crippen LogP) is 0.903. The number of amides is 2. The molecular formula is C15H22N4O3. The summed E-state index contributed by atoms with van der Waals surface area (Å²) in [4.78, 5) is 31.1. The van der Waals surface area contributed by atoms with Gasteiger partial charge in [-0.25, -0.2) is 0 Å². The lowest BCUT2D eigenvalue weighted by molar-refractivity contribution is -0.138. The second-order valence-electron chi connectivity index (χ2n) is 5.99. The van der Waals surface area contributed by atoms with Crippen molar-refractivity contribution in [1.82, 2.24) is 19.9 Å². The number of rotatable bonds is 4. The maximum absolute atomic E-state index is 12.2. The Kier molecular flexibility index (Phi) is 4.63. The standard InChI is InChI=1S/C15H22N4O3/c1-5-12(20)18(4)10-13(21)19-8-6-15(3,7-9-19)14-16-11(2)17-22-14/h5H,1,6-10H2,2-4H3. The summed E-state index contributed by atoms with van der Waals surface area (Å²) in [5.41, 5.74) is -0.194. The Balaban J connectivity index is 1.93. The summed E-state index contributed by atoms with van der Waals surface area (Å²) >= 11 is 0. The van der Waals surface area contributed by atoms with Gasteiger partial charge in [0.15, 0.2) is 5.82 Å². The van der Waals surface area contributed by atoms with Crippen molar-refractivity contribution in [3.63, 3.8) is 0 Å². The minimum absolute atomic E-state index is 0.0542. The van der Waals surface area contributed by atoms with Crippen molar-refractivity contribution >= 4 is 11.8 Å². The zero-order valence-corrected chi connectivity index (χ0v) is 13.3. The van der Waals surface area contributed by atoms with Crippen molar-refractivity contribution < 1.29 is 14.1 Å². The van der Waals surface area contributed by atoms with Crippen molar-refractivity contribution in [2.45, 2.75) is 32.1 Å². The zero-order valence-electron chi connectivity index (χ0n) is 13.3. The average Bonchev–Trinajstić information content (AvgIpc) is 2.94. The molecule has 0 radical (unpaired) electrons. The van der Waals surface area contributed by atoms with E-state index in [-0.39, 0.29) is 23.8 Å². The maximum Gasteiger partial charge on any atom is 0.246 e. The highest BCUT2D eigenvalue weighted by molar-refractivity contribution is 5.90. The number of carbonyl (C=O) groups is 2. The molecular weight excluding hydrogens is 284 g/mol. The summed E-state index contributed by atoms with van der Waals surface area (Å²) in [6.45, 7) is 8.59. The molecule has 0 aromatic carbocycles. The van der Waals surface area contributed by atoms with Gasteiger partial charge in [0.25, 0.3) is 0 Å². The molecule has 0 N–H and O–H groups in total. The number of likely N-dealkylation sites (tertiary alicyclic amines) is 1. The normalized spacial score (nSPS) is 17.1. The van der Waals surface area contributed by atoms with Crippen LogP contribution in [0.2, 0.25) is 0 Å². The van der Waals surface area contributed by atoms with Gasteiger partial charge in [-0.15, -0.1) is 0 Å². The molecule has 1 fully saturated rings. The lowest BCUT2D eigenvalue weighted by Crippen LogP contribution is -2.47. The van der Waals surface area contributed by atoms with Gasteiger partial charge in [-0.1, -0.05) is 18.7 Å². The molecule has 2 amide bonds. The van der Waals surface area contributed by atoms with Gasteiger partial charge in [-0.3, -0.25) is 9.59 Å². The number of aromatic nitrogens is 2. The van der Waals surface area contributed by atoms with Crippen LogP contribution in [0.5, 0.6) is 0 Å². The Morgan fingerprint density at radius 2 is 2.09 bits per heavy atom. The van der Waals surface area contributed by atoms with Gasteiger partial charge >= 0.3 is 0 Å². The van der Waals surface area contributed by atoms with Gasteiger partial charge in [-0.2, -0.15) is 4.98 Å². The number of carbonyl (C=O) groups excluding carboxylic acids is 2. The minimum Gasteiger partial charge on any atom is -0.341 e. The highest BCUT2D eigenvalue weighted by atomic mass is 16.5. The zero-order chi connectivity index (χ0) is 16.3. The number of piperidine rings is 1. The molecule has 7 nitrogen and oxygen atoms in total. The highest BCUT2D eigenvalue weighted by Gasteiger charge is 2.37. The molecule has 1 aliphatic heterocycles. The molecule has 7 heteroatoms. The van der Waals surface area contributed by atoms with Crippen molar-refractivity contribution in [3.8, 4) is 0 Å². The molecule has 0 bridgehead atoms. The van der Waals surface area contributed by atoms with Crippen molar-refractivity contribution in [3.05, 3.63) is 24.4 Å². The van der Waals surface area contributed by atoms with E-state index in [2.05, 4.69) is 23.6 Å². The molecule has 0 atom stereocenters. The second kappa shape index (κ2) is 6.29. The predicted molar refractivity (Wildman–Crippen MR) is 80.0 cm³/mol. The first-order chi connectivity index (χ1) is 10.4. The smallest absolute Gasteiger partial charge is 0.246 e. The Bertz CT molecular complexity index is 573. The second-order valence-corrected chi connectivity index (χ2v) is 5.99. The van der Waals surface area contributed by atoms with Crippen LogP contribution in [0, 0.1) is 6.92 Å². The fourth-order valence-corrected chi connectivity index (χ4v) is 2.54. The SMILES string of the molecule is C=CC(=O)N(C)CC(=O)N1CCC(C)(c2nc(C)no2)CC1. The molecule has 2 rings (SSSR count). The van der Waals surface area contributed by atoms with Crippen molar-refractivity contribution in [1.29, 1.82) is 0 Å². The first-order valence-corrected chi connectivity index (χ1v) is 7.32. The summed E-state index contributed by atoms with van der Waals surface area (Å²) in [6.07, 6.45) is 2.73. The number of likely N-dealkylation sites (N-methyl/N-ethyl adjacent to an activating group) is 1. The van der Waals surface area contributed by atoms with Gasteiger partial charge in [0.1, 0.15) is 0 Å². The molecule has 2 heterocycles. The number of hydrogen-bond acceptors (Lipinski definition) is 5. The van der Waals surface area contributed by atoms with E-state index < -0.39 is 0 Å². The van der Waals surface area contributed by atoms with Crippen LogP contribution in [0.15, 0.2) is 17.2 Å². The molecule has 0 saturated carbocycles. The van der Waals surface area contributed by atoms with Gasteiger partial charge in [-0.05, 0) is 25.8 Å². The third-order valence-electron chi connectivity index (χ3n) is 4.19. The number of hydrogen-bond donors (Lipinski definition) is 0. The molecule has 120 valence electrons. The Labute approximate surface area is 130 Å². The first-order valence-electron chi connectivity index (χ1n) is 7.32. The van der Waals surface area contributed by atoms with Gasteiger partial charge < -0.3 is 14.3 Å². The quantitative estimate of drug-likeness (QED) is 0.772. The highest BCUT2D eigenvalue weighted by Crippen LogP contribution is 2.33. The van der Waals surface area contributed by atoms with Crippen LogP contribution in [0.25, 0.3) is 0 Å². The van der Waals surface area contributed by atoms with Crippen LogP contribution in [-0.2, 0) is 15.0 Å². The minimum atomic E-state index is -0.253. The monoisotopic (exact) mass is 306 g/mol. The summed E-state index contributed by atoms with van der Waals surface area (Å²) in [6, 6.07) is 0. The Morgan fingerprint density at radius 1 is 1.45 bits per heavy atom. The lowest BCUT2D eigenvalue weighted by Gasteiger charge is -2.37. The third-order valence-corrected chi connectivity index (χ3v) is 4.19. The van der Waals surface area contributed by atoms with Gasteiger partial charge in [0.05, 0.1) is 12.0 Å². The topological polar surface area (TPSA) is 79.5 Å². The van der Waals surface area contributed by atoms with Gasteiger partial charge in [0.2, 0.25) is 17.7 Å². The van der Waals surface area contributed by atoms with Crippen LogP contribution in [0.3, 0.4) is 0 Å². The van der Waals surface area contributed by atoms with E-state index in [1.54, 1.807) is 18.9 Å². The van der Waals surface area contributed by atoms with E-state index in [4.69, 9.17) is 4.52 Å². The van der Waals surface area contributed by atoms with Crippen LogP contribution in [0.4, 0.5) is 0 Å². The molecule has 0 aliphatic carbocycles. The van der Waals surface area contributed by atoms with E-state index in [9.17, 15) is 9.59 Å². The summed E-state index contributed by atoms with van der Waals surface area (Å²) in [5.74, 6) is 0.952. The fraction of sp³-hybridized carbons (Fsp3) is 0.600. The Morgan fingerprint density at radius 3 is 2.59 bits per heavy atom.